The summed E-state index contributed by atoms with van der Waals surface area (Å²) in [6, 6.07) is 6.88. The highest BCUT2D eigenvalue weighted by atomic mass is 35.5. The van der Waals surface area contributed by atoms with E-state index in [0.29, 0.717) is 30.2 Å². The van der Waals surface area contributed by atoms with Crippen LogP contribution in [0, 0.1) is 5.92 Å². The van der Waals surface area contributed by atoms with Crippen LogP contribution in [-0.2, 0) is 9.53 Å². The number of amides is 2. The third kappa shape index (κ3) is 4.10. The van der Waals surface area contributed by atoms with Crippen molar-refractivity contribution in [1.82, 2.24) is 15.1 Å². The number of nitrogens with zero attached hydrogens (tertiary/aromatic N) is 2. The summed E-state index contributed by atoms with van der Waals surface area (Å²) in [5.74, 6) is 0.491. The summed E-state index contributed by atoms with van der Waals surface area (Å²) in [5.41, 5.74) is 0.271. The van der Waals surface area contributed by atoms with Gasteiger partial charge in [-0.2, -0.15) is 0 Å². The molecule has 3 saturated heterocycles. The molecule has 7 heteroatoms. The van der Waals surface area contributed by atoms with E-state index < -0.39 is 0 Å². The van der Waals surface area contributed by atoms with Gasteiger partial charge in [0, 0.05) is 49.7 Å². The number of ether oxygens (including phenoxy) is 1. The van der Waals surface area contributed by atoms with Crippen LogP contribution in [0.4, 0.5) is 0 Å². The van der Waals surface area contributed by atoms with E-state index in [1.165, 1.54) is 0 Å². The molecule has 30 heavy (non-hydrogen) atoms. The summed E-state index contributed by atoms with van der Waals surface area (Å²) in [6.07, 6.45) is 4.61. The van der Waals surface area contributed by atoms with Crippen molar-refractivity contribution >= 4 is 23.4 Å². The molecule has 0 bridgehead atoms. The second-order valence-corrected chi connectivity index (χ2v) is 9.36. The van der Waals surface area contributed by atoms with Crippen LogP contribution in [0.15, 0.2) is 24.3 Å². The lowest BCUT2D eigenvalue weighted by Crippen LogP contribution is -2.60. The Labute approximate surface area is 183 Å². The fraction of sp³-hybridized carbons (Fsp3) is 0.652. The first-order valence-corrected chi connectivity index (χ1v) is 11.6. The Morgan fingerprint density at radius 3 is 2.60 bits per heavy atom. The monoisotopic (exact) mass is 433 g/mol. The number of rotatable bonds is 5. The van der Waals surface area contributed by atoms with Crippen LogP contribution in [0.25, 0.3) is 0 Å². The highest BCUT2D eigenvalue weighted by Crippen LogP contribution is 2.36. The van der Waals surface area contributed by atoms with E-state index in [1.54, 1.807) is 24.3 Å². The first-order chi connectivity index (χ1) is 14.4. The second-order valence-electron chi connectivity index (χ2n) is 8.92. The number of piperidine rings is 1. The summed E-state index contributed by atoms with van der Waals surface area (Å²) in [5, 5.41) is 4.33. The first-order valence-electron chi connectivity index (χ1n) is 11.2. The zero-order valence-electron chi connectivity index (χ0n) is 17.9. The molecule has 2 amide bonds. The first kappa shape index (κ1) is 21.6. The number of nitrogens with one attached hydrogen (secondary N) is 1. The van der Waals surface area contributed by atoms with Crippen molar-refractivity contribution in [2.24, 2.45) is 5.92 Å². The molecule has 1 spiro atoms. The SMILES string of the molecule is CC[C@H](C)[C@@H]1NC2(CCN(C(=O)c3ccc(Cl)cc3)CC2)N(C[C@H]2CCCO2)C1=O. The van der Waals surface area contributed by atoms with Gasteiger partial charge in [0.1, 0.15) is 0 Å². The molecule has 0 aliphatic carbocycles. The number of halogens is 1. The molecule has 4 rings (SSSR count). The van der Waals surface area contributed by atoms with Gasteiger partial charge in [-0.25, -0.2) is 0 Å². The van der Waals surface area contributed by atoms with E-state index in [-0.39, 0.29) is 35.5 Å². The van der Waals surface area contributed by atoms with Crippen LogP contribution in [0.1, 0.15) is 56.3 Å². The van der Waals surface area contributed by atoms with Gasteiger partial charge < -0.3 is 14.5 Å². The maximum atomic E-state index is 13.4. The third-order valence-corrected chi connectivity index (χ3v) is 7.32. The van der Waals surface area contributed by atoms with Gasteiger partial charge in [-0.3, -0.25) is 14.9 Å². The summed E-state index contributed by atoms with van der Waals surface area (Å²) < 4.78 is 5.85. The predicted octanol–water partition coefficient (Wildman–Crippen LogP) is 3.30. The van der Waals surface area contributed by atoms with E-state index in [4.69, 9.17) is 16.3 Å². The molecule has 164 valence electrons. The van der Waals surface area contributed by atoms with Crippen molar-refractivity contribution in [3.8, 4) is 0 Å². The molecule has 0 aromatic heterocycles. The number of hydrogen-bond donors (Lipinski definition) is 1. The van der Waals surface area contributed by atoms with Crippen molar-refractivity contribution < 1.29 is 14.3 Å². The quantitative estimate of drug-likeness (QED) is 0.773. The molecular formula is C23H32ClN3O3. The molecular weight excluding hydrogens is 402 g/mol. The smallest absolute Gasteiger partial charge is 0.253 e. The van der Waals surface area contributed by atoms with E-state index in [0.717, 1.165) is 38.7 Å². The normalized spacial score (nSPS) is 27.1. The Balaban J connectivity index is 1.49. The molecule has 0 saturated carbocycles. The van der Waals surface area contributed by atoms with Gasteiger partial charge in [0.15, 0.2) is 0 Å². The average Bonchev–Trinajstić information content (AvgIpc) is 3.37. The molecule has 3 atom stereocenters. The van der Waals surface area contributed by atoms with Crippen molar-refractivity contribution in [3.05, 3.63) is 34.9 Å². The van der Waals surface area contributed by atoms with Crippen molar-refractivity contribution in [3.63, 3.8) is 0 Å². The molecule has 3 fully saturated rings. The Kier molecular flexibility index (Phi) is 6.37. The van der Waals surface area contributed by atoms with Gasteiger partial charge in [-0.05, 0) is 43.0 Å². The summed E-state index contributed by atoms with van der Waals surface area (Å²) in [7, 11) is 0. The van der Waals surface area contributed by atoms with Crippen LogP contribution < -0.4 is 5.32 Å². The van der Waals surface area contributed by atoms with Crippen LogP contribution in [-0.4, -0.2) is 65.7 Å². The van der Waals surface area contributed by atoms with Crippen molar-refractivity contribution in [2.45, 2.75) is 63.8 Å². The highest BCUT2D eigenvalue weighted by Gasteiger charge is 2.53. The summed E-state index contributed by atoms with van der Waals surface area (Å²) >= 11 is 5.95. The zero-order valence-corrected chi connectivity index (χ0v) is 18.7. The predicted molar refractivity (Wildman–Crippen MR) is 116 cm³/mol. The number of likely N-dealkylation sites (tertiary alicyclic amines) is 1. The van der Waals surface area contributed by atoms with Gasteiger partial charge in [-0.15, -0.1) is 0 Å². The minimum Gasteiger partial charge on any atom is -0.376 e. The van der Waals surface area contributed by atoms with Crippen molar-refractivity contribution in [2.75, 3.05) is 26.2 Å². The topological polar surface area (TPSA) is 61.9 Å². The Bertz CT molecular complexity index is 770. The highest BCUT2D eigenvalue weighted by molar-refractivity contribution is 6.30. The number of carbonyl (C=O) groups excluding carboxylic acids is 2. The summed E-state index contributed by atoms with van der Waals surface area (Å²) in [4.78, 5) is 30.2. The zero-order chi connectivity index (χ0) is 21.3. The maximum absolute atomic E-state index is 13.4. The lowest BCUT2D eigenvalue weighted by atomic mass is 9.94. The second kappa shape index (κ2) is 8.85. The summed E-state index contributed by atoms with van der Waals surface area (Å²) in [6.45, 7) is 6.93. The van der Waals surface area contributed by atoms with Gasteiger partial charge in [-0.1, -0.05) is 31.9 Å². The number of benzene rings is 1. The fourth-order valence-electron chi connectivity index (χ4n) is 4.95. The Hall–Kier alpha value is -1.63. The molecule has 6 nitrogen and oxygen atoms in total. The molecule has 3 aliphatic heterocycles. The minimum atomic E-state index is -0.381. The standard InChI is InChI=1S/C23H32ClN3O3/c1-3-16(2)20-22(29)27(15-19-5-4-14-30-19)23(25-20)10-12-26(13-11-23)21(28)17-6-8-18(24)9-7-17/h6-9,16,19-20,25H,3-5,10-15H2,1-2H3/t16-,19+,20-/m0/s1. The van der Waals surface area contributed by atoms with E-state index in [1.807, 2.05) is 9.80 Å². The van der Waals surface area contributed by atoms with Gasteiger partial charge in [0.25, 0.3) is 5.91 Å². The maximum Gasteiger partial charge on any atom is 0.253 e. The van der Waals surface area contributed by atoms with Crippen molar-refractivity contribution in [1.29, 1.82) is 0 Å². The molecule has 1 aromatic carbocycles. The fourth-order valence-corrected chi connectivity index (χ4v) is 5.08. The number of hydrogen-bond acceptors (Lipinski definition) is 4. The minimum absolute atomic E-state index is 0.0231. The molecule has 3 aliphatic rings. The molecule has 3 heterocycles. The Morgan fingerprint density at radius 1 is 1.30 bits per heavy atom. The van der Waals surface area contributed by atoms with Crippen LogP contribution >= 0.6 is 11.6 Å². The van der Waals surface area contributed by atoms with E-state index in [2.05, 4.69) is 19.2 Å². The van der Waals surface area contributed by atoms with Gasteiger partial charge >= 0.3 is 0 Å². The molecule has 1 aromatic rings. The molecule has 0 radical (unpaired) electrons. The van der Waals surface area contributed by atoms with E-state index >= 15 is 0 Å². The average molecular weight is 434 g/mol. The van der Waals surface area contributed by atoms with Crippen LogP contribution in [0.2, 0.25) is 5.02 Å². The van der Waals surface area contributed by atoms with Gasteiger partial charge in [0.05, 0.1) is 17.8 Å². The molecule has 1 N–H and O–H groups in total. The largest absolute Gasteiger partial charge is 0.376 e. The lowest BCUT2D eigenvalue weighted by Gasteiger charge is -2.45. The van der Waals surface area contributed by atoms with Gasteiger partial charge in [0.2, 0.25) is 5.91 Å². The van der Waals surface area contributed by atoms with Crippen LogP contribution in [0.5, 0.6) is 0 Å². The Morgan fingerprint density at radius 2 is 2.00 bits per heavy atom. The third-order valence-electron chi connectivity index (χ3n) is 7.07. The lowest BCUT2D eigenvalue weighted by molar-refractivity contribution is -0.136. The molecule has 0 unspecified atom stereocenters. The van der Waals surface area contributed by atoms with E-state index in [9.17, 15) is 9.59 Å². The number of carbonyl (C=O) groups is 2. The van der Waals surface area contributed by atoms with Crippen LogP contribution in [0.3, 0.4) is 0 Å².